The first-order valence-electron chi connectivity index (χ1n) is 3.54. The molecule has 1 aliphatic rings. The van der Waals surface area contributed by atoms with Gasteiger partial charge in [-0.1, -0.05) is 11.6 Å². The Morgan fingerprint density at radius 1 is 1.31 bits per heavy atom. The summed E-state index contributed by atoms with van der Waals surface area (Å²) in [5.41, 5.74) is 0.527. The number of rotatable bonds is 0. The number of hydrogen-bond acceptors (Lipinski definition) is 2. The molecule has 0 N–H and O–H groups in total. The molecule has 0 atom stereocenters. The number of fused-ring (bicyclic) bond motifs is 1. The van der Waals surface area contributed by atoms with E-state index in [1.807, 2.05) is 0 Å². The molecule has 0 saturated carbocycles. The van der Waals surface area contributed by atoms with Crippen LogP contribution >= 0.6 is 11.6 Å². The van der Waals surface area contributed by atoms with E-state index in [1.165, 1.54) is 12.1 Å². The van der Waals surface area contributed by atoms with Gasteiger partial charge in [-0.25, -0.2) is 0 Å². The van der Waals surface area contributed by atoms with Crippen LogP contribution in [0.5, 0.6) is 11.5 Å². The molecule has 13 heavy (non-hydrogen) atoms. The highest BCUT2D eigenvalue weighted by Gasteiger charge is 2.44. The van der Waals surface area contributed by atoms with Crippen LogP contribution < -0.4 is 9.47 Å². The second-order valence-electron chi connectivity index (χ2n) is 2.72. The molecule has 0 saturated heterocycles. The van der Waals surface area contributed by atoms with E-state index < -0.39 is 6.29 Å². The minimum Gasteiger partial charge on any atom is -0.395 e. The summed E-state index contributed by atoms with van der Waals surface area (Å²) in [5, 5.41) is 0.345. The van der Waals surface area contributed by atoms with Crippen molar-refractivity contribution in [1.29, 1.82) is 0 Å². The van der Waals surface area contributed by atoms with Gasteiger partial charge in [-0.15, -0.1) is 8.78 Å². The molecule has 2 rings (SSSR count). The van der Waals surface area contributed by atoms with Gasteiger partial charge >= 0.3 is 6.29 Å². The molecule has 70 valence electrons. The van der Waals surface area contributed by atoms with Crippen molar-refractivity contribution in [2.24, 2.45) is 0 Å². The Kier molecular flexibility index (Phi) is 1.63. The first-order chi connectivity index (χ1) is 5.98. The first-order valence-corrected chi connectivity index (χ1v) is 3.92. The molecule has 1 aliphatic heterocycles. The van der Waals surface area contributed by atoms with E-state index in [0.717, 1.165) is 0 Å². The van der Waals surface area contributed by atoms with Gasteiger partial charge < -0.3 is 9.47 Å². The van der Waals surface area contributed by atoms with E-state index in [2.05, 4.69) is 9.47 Å². The third-order valence-electron chi connectivity index (χ3n) is 1.65. The summed E-state index contributed by atoms with van der Waals surface area (Å²) in [7, 11) is 0. The maximum atomic E-state index is 12.6. The molecule has 1 aromatic carbocycles. The monoisotopic (exact) mass is 206 g/mol. The predicted molar refractivity (Wildman–Crippen MR) is 42.4 cm³/mol. The lowest BCUT2D eigenvalue weighted by molar-refractivity contribution is -0.286. The zero-order chi connectivity index (χ0) is 9.64. The van der Waals surface area contributed by atoms with Crippen LogP contribution in [0.15, 0.2) is 12.1 Å². The highest BCUT2D eigenvalue weighted by Crippen LogP contribution is 2.44. The minimum atomic E-state index is -3.57. The van der Waals surface area contributed by atoms with Crippen LogP contribution in [0.4, 0.5) is 8.78 Å². The Balaban J connectivity index is 2.52. The minimum absolute atomic E-state index is 0.0185. The summed E-state index contributed by atoms with van der Waals surface area (Å²) in [6, 6.07) is 2.83. The molecule has 1 heterocycles. The fourth-order valence-electron chi connectivity index (χ4n) is 1.17. The van der Waals surface area contributed by atoms with E-state index in [9.17, 15) is 8.78 Å². The molecule has 0 bridgehead atoms. The van der Waals surface area contributed by atoms with E-state index in [1.54, 1.807) is 6.92 Å². The number of alkyl halides is 2. The van der Waals surface area contributed by atoms with Gasteiger partial charge in [0.2, 0.25) is 0 Å². The second kappa shape index (κ2) is 2.48. The number of aryl methyl sites for hydroxylation is 1. The molecule has 0 radical (unpaired) electrons. The van der Waals surface area contributed by atoms with Gasteiger partial charge in [0.25, 0.3) is 0 Å². The van der Waals surface area contributed by atoms with Gasteiger partial charge in [0, 0.05) is 11.1 Å². The number of ether oxygens (including phenoxy) is 2. The van der Waals surface area contributed by atoms with Gasteiger partial charge in [0.1, 0.15) is 0 Å². The summed E-state index contributed by atoms with van der Waals surface area (Å²) in [5.74, 6) is 0.0319. The Labute approximate surface area is 78.0 Å². The molecule has 0 amide bonds. The number of benzene rings is 1. The third kappa shape index (κ3) is 1.42. The fraction of sp³-hybridized carbons (Fsp3) is 0.250. The number of halogens is 3. The maximum absolute atomic E-state index is 12.6. The van der Waals surface area contributed by atoms with Gasteiger partial charge in [-0.05, 0) is 18.6 Å². The largest absolute Gasteiger partial charge is 0.586 e. The zero-order valence-corrected chi connectivity index (χ0v) is 7.36. The summed E-state index contributed by atoms with van der Waals surface area (Å²) in [6.45, 7) is 1.62. The standard InChI is InChI=1S/C8H5ClF2O2/c1-4-2-5(9)3-6-7(4)13-8(10,11)12-6/h2-3H,1H3. The molecule has 1 aromatic rings. The molecule has 0 spiro atoms. The summed E-state index contributed by atoms with van der Waals surface area (Å²) in [4.78, 5) is 0. The Morgan fingerprint density at radius 2 is 2.00 bits per heavy atom. The second-order valence-corrected chi connectivity index (χ2v) is 3.15. The molecular formula is C8H5ClF2O2. The average Bonchev–Trinajstić information content (AvgIpc) is 2.23. The van der Waals surface area contributed by atoms with Crippen molar-refractivity contribution >= 4 is 11.6 Å². The SMILES string of the molecule is Cc1cc(Cl)cc2c1OC(F)(F)O2. The lowest BCUT2D eigenvalue weighted by Gasteiger charge is -2.04. The first kappa shape index (κ1) is 8.56. The average molecular weight is 207 g/mol. The summed E-state index contributed by atoms with van der Waals surface area (Å²) in [6.07, 6.45) is -3.57. The smallest absolute Gasteiger partial charge is 0.395 e. The normalized spacial score (nSPS) is 17.5. The predicted octanol–water partition coefficient (Wildman–Crippen LogP) is 2.97. The van der Waals surface area contributed by atoms with Crippen molar-refractivity contribution < 1.29 is 18.3 Å². The van der Waals surface area contributed by atoms with Gasteiger partial charge in [0.15, 0.2) is 11.5 Å². The molecule has 0 unspecified atom stereocenters. The van der Waals surface area contributed by atoms with Crippen molar-refractivity contribution in [3.8, 4) is 11.5 Å². The van der Waals surface area contributed by atoms with Crippen LogP contribution in [0.25, 0.3) is 0 Å². The maximum Gasteiger partial charge on any atom is 0.586 e. The van der Waals surface area contributed by atoms with E-state index >= 15 is 0 Å². The van der Waals surface area contributed by atoms with Crippen molar-refractivity contribution in [3.63, 3.8) is 0 Å². The van der Waals surface area contributed by atoms with Crippen LogP contribution in [-0.2, 0) is 0 Å². The molecule has 0 aliphatic carbocycles. The Bertz CT molecular complexity index is 365. The van der Waals surface area contributed by atoms with Gasteiger partial charge in [-0.2, -0.15) is 0 Å². The Hall–Kier alpha value is -1.03. The molecule has 2 nitrogen and oxygen atoms in total. The van der Waals surface area contributed by atoms with E-state index in [4.69, 9.17) is 11.6 Å². The summed E-state index contributed by atoms with van der Waals surface area (Å²) >= 11 is 5.64. The highest BCUT2D eigenvalue weighted by molar-refractivity contribution is 6.30. The lowest BCUT2D eigenvalue weighted by atomic mass is 10.2. The van der Waals surface area contributed by atoms with Crippen LogP contribution in [0.1, 0.15) is 5.56 Å². The van der Waals surface area contributed by atoms with Crippen molar-refractivity contribution in [2.45, 2.75) is 13.2 Å². The van der Waals surface area contributed by atoms with Gasteiger partial charge in [0.05, 0.1) is 0 Å². The Morgan fingerprint density at radius 3 is 2.69 bits per heavy atom. The van der Waals surface area contributed by atoms with Crippen LogP contribution in [0.3, 0.4) is 0 Å². The lowest BCUT2D eigenvalue weighted by Crippen LogP contribution is -2.26. The molecule has 0 aromatic heterocycles. The van der Waals surface area contributed by atoms with E-state index in [0.29, 0.717) is 10.6 Å². The molecular weight excluding hydrogens is 202 g/mol. The molecule has 0 fully saturated rings. The quantitative estimate of drug-likeness (QED) is 0.650. The van der Waals surface area contributed by atoms with Crippen molar-refractivity contribution in [1.82, 2.24) is 0 Å². The van der Waals surface area contributed by atoms with Crippen molar-refractivity contribution in [3.05, 3.63) is 22.7 Å². The van der Waals surface area contributed by atoms with Crippen LogP contribution in [0.2, 0.25) is 5.02 Å². The summed E-state index contributed by atoms with van der Waals surface area (Å²) < 4.78 is 33.6. The highest BCUT2D eigenvalue weighted by atomic mass is 35.5. The van der Waals surface area contributed by atoms with Crippen molar-refractivity contribution in [2.75, 3.05) is 0 Å². The molecule has 5 heteroatoms. The zero-order valence-electron chi connectivity index (χ0n) is 6.61. The number of hydrogen-bond donors (Lipinski definition) is 0. The fourth-order valence-corrected chi connectivity index (χ4v) is 1.44. The van der Waals surface area contributed by atoms with Gasteiger partial charge in [-0.3, -0.25) is 0 Å². The van der Waals surface area contributed by atoms with Crippen LogP contribution in [0, 0.1) is 6.92 Å². The van der Waals surface area contributed by atoms with E-state index in [-0.39, 0.29) is 11.5 Å². The topological polar surface area (TPSA) is 18.5 Å². The third-order valence-corrected chi connectivity index (χ3v) is 1.87. The van der Waals surface area contributed by atoms with Crippen LogP contribution in [-0.4, -0.2) is 6.29 Å².